The first kappa shape index (κ1) is 8.12. The van der Waals surface area contributed by atoms with E-state index in [9.17, 15) is 0 Å². The highest BCUT2D eigenvalue weighted by Gasteiger charge is 1.98. The van der Waals surface area contributed by atoms with Gasteiger partial charge in [-0.05, 0) is 12.6 Å². The van der Waals surface area contributed by atoms with Gasteiger partial charge < -0.3 is 4.90 Å². The lowest BCUT2D eigenvalue weighted by Gasteiger charge is -2.09. The Morgan fingerprint density at radius 1 is 1.36 bits per heavy atom. The molecule has 0 fully saturated rings. The van der Waals surface area contributed by atoms with Gasteiger partial charge in [-0.25, -0.2) is 0 Å². The summed E-state index contributed by atoms with van der Waals surface area (Å²) < 4.78 is 0. The molecule has 0 spiro atoms. The Balaban J connectivity index is 2.38. The number of rotatable bonds is 2. The van der Waals surface area contributed by atoms with Crippen LogP contribution < -0.4 is 0 Å². The molecule has 1 unspecified atom stereocenters. The predicted molar refractivity (Wildman–Crippen MR) is 49.2 cm³/mol. The van der Waals surface area contributed by atoms with Crippen molar-refractivity contribution in [3.63, 3.8) is 0 Å². The quantitative estimate of drug-likeness (QED) is 0.581. The van der Waals surface area contributed by atoms with Gasteiger partial charge in [-0.3, -0.25) is 0 Å². The highest BCUT2D eigenvalue weighted by Crippen LogP contribution is 2.12. The van der Waals surface area contributed by atoms with E-state index in [1.54, 1.807) is 0 Å². The molecule has 1 atom stereocenters. The molecule has 1 aliphatic carbocycles. The number of nitrogens with zero attached hydrogens (tertiary/aromatic N) is 1. The SMILES string of the molecule is CN(C)C=CC1C=CC=CC1. The second-order valence-corrected chi connectivity index (χ2v) is 3.02. The zero-order chi connectivity index (χ0) is 8.10. The largest absolute Gasteiger partial charge is 0.384 e. The van der Waals surface area contributed by atoms with Crippen LogP contribution in [0.25, 0.3) is 0 Å². The van der Waals surface area contributed by atoms with E-state index >= 15 is 0 Å². The second kappa shape index (κ2) is 4.02. The van der Waals surface area contributed by atoms with E-state index in [4.69, 9.17) is 0 Å². The third-order valence-corrected chi connectivity index (χ3v) is 1.65. The van der Waals surface area contributed by atoms with Gasteiger partial charge in [0.25, 0.3) is 0 Å². The van der Waals surface area contributed by atoms with E-state index in [2.05, 4.69) is 41.5 Å². The molecule has 0 amide bonds. The summed E-state index contributed by atoms with van der Waals surface area (Å²) in [6, 6.07) is 0. The topological polar surface area (TPSA) is 3.24 Å². The molecular weight excluding hydrogens is 134 g/mol. The maximum Gasteiger partial charge on any atom is 0.00555 e. The van der Waals surface area contributed by atoms with Crippen molar-refractivity contribution in [2.24, 2.45) is 5.92 Å². The second-order valence-electron chi connectivity index (χ2n) is 3.02. The summed E-state index contributed by atoms with van der Waals surface area (Å²) in [4.78, 5) is 2.06. The standard InChI is InChI=1S/C10H15N/c1-11(2)9-8-10-6-4-3-5-7-10/h3-6,8-10H,7H2,1-2H3. The lowest BCUT2D eigenvalue weighted by molar-refractivity contribution is 0.557. The molecule has 0 aliphatic heterocycles. The van der Waals surface area contributed by atoms with Crippen LogP contribution in [0.2, 0.25) is 0 Å². The Hall–Kier alpha value is -0.980. The van der Waals surface area contributed by atoms with Crippen LogP contribution in [0.5, 0.6) is 0 Å². The van der Waals surface area contributed by atoms with Gasteiger partial charge in [0, 0.05) is 20.0 Å². The van der Waals surface area contributed by atoms with Gasteiger partial charge in [0.2, 0.25) is 0 Å². The molecule has 0 heterocycles. The van der Waals surface area contributed by atoms with Crippen LogP contribution in [0.15, 0.2) is 36.6 Å². The molecule has 11 heavy (non-hydrogen) atoms. The maximum atomic E-state index is 2.22. The van der Waals surface area contributed by atoms with Crippen LogP contribution in [0, 0.1) is 5.92 Å². The smallest absolute Gasteiger partial charge is 0.00555 e. The van der Waals surface area contributed by atoms with Crippen molar-refractivity contribution < 1.29 is 0 Å². The summed E-state index contributed by atoms with van der Waals surface area (Å²) in [6.07, 6.45) is 14.1. The Labute approximate surface area is 68.7 Å². The van der Waals surface area contributed by atoms with Gasteiger partial charge in [-0.1, -0.05) is 30.4 Å². The fourth-order valence-corrected chi connectivity index (χ4v) is 1.03. The number of allylic oxidation sites excluding steroid dienone is 5. The van der Waals surface area contributed by atoms with Gasteiger partial charge in [0.1, 0.15) is 0 Å². The van der Waals surface area contributed by atoms with Gasteiger partial charge in [-0.15, -0.1) is 0 Å². The molecule has 1 heteroatoms. The lowest BCUT2D eigenvalue weighted by Crippen LogP contribution is -2.02. The average Bonchev–Trinajstić information content (AvgIpc) is 2.03. The molecular formula is C10H15N. The Morgan fingerprint density at radius 3 is 2.73 bits per heavy atom. The molecule has 0 aromatic heterocycles. The minimum atomic E-state index is 0.599. The van der Waals surface area contributed by atoms with Crippen molar-refractivity contribution in [3.05, 3.63) is 36.6 Å². The van der Waals surface area contributed by atoms with Crippen molar-refractivity contribution in [3.8, 4) is 0 Å². The molecule has 0 radical (unpaired) electrons. The van der Waals surface area contributed by atoms with Crippen molar-refractivity contribution in [1.29, 1.82) is 0 Å². The highest BCUT2D eigenvalue weighted by molar-refractivity contribution is 5.14. The molecule has 60 valence electrons. The van der Waals surface area contributed by atoms with E-state index in [-0.39, 0.29) is 0 Å². The van der Waals surface area contributed by atoms with E-state index in [0.29, 0.717) is 5.92 Å². The average molecular weight is 149 g/mol. The molecule has 1 nitrogen and oxygen atoms in total. The van der Waals surface area contributed by atoms with Crippen LogP contribution >= 0.6 is 0 Å². The van der Waals surface area contributed by atoms with Crippen molar-refractivity contribution >= 4 is 0 Å². The number of hydrogen-bond donors (Lipinski definition) is 0. The van der Waals surface area contributed by atoms with E-state index in [1.807, 2.05) is 14.1 Å². The summed E-state index contributed by atoms with van der Waals surface area (Å²) in [5.41, 5.74) is 0. The Morgan fingerprint density at radius 2 is 2.18 bits per heavy atom. The van der Waals surface area contributed by atoms with Gasteiger partial charge >= 0.3 is 0 Å². The van der Waals surface area contributed by atoms with Crippen LogP contribution in [0.3, 0.4) is 0 Å². The first-order chi connectivity index (χ1) is 5.29. The van der Waals surface area contributed by atoms with Crippen molar-refractivity contribution in [2.45, 2.75) is 6.42 Å². The zero-order valence-corrected chi connectivity index (χ0v) is 7.20. The minimum Gasteiger partial charge on any atom is -0.384 e. The normalized spacial score (nSPS) is 22.9. The lowest BCUT2D eigenvalue weighted by atomic mass is 10.0. The highest BCUT2D eigenvalue weighted by atomic mass is 15.0. The Kier molecular flexibility index (Phi) is 2.96. The summed E-state index contributed by atoms with van der Waals surface area (Å²) in [5.74, 6) is 0.599. The monoisotopic (exact) mass is 149 g/mol. The van der Waals surface area contributed by atoms with Crippen LogP contribution in [0.1, 0.15) is 6.42 Å². The molecule has 0 saturated heterocycles. The number of hydrogen-bond acceptors (Lipinski definition) is 1. The summed E-state index contributed by atoms with van der Waals surface area (Å²) >= 11 is 0. The molecule has 0 aromatic rings. The molecule has 1 rings (SSSR count). The van der Waals surface area contributed by atoms with Crippen molar-refractivity contribution in [2.75, 3.05) is 14.1 Å². The van der Waals surface area contributed by atoms with E-state index in [1.165, 1.54) is 0 Å². The summed E-state index contributed by atoms with van der Waals surface area (Å²) in [7, 11) is 4.08. The Bertz CT molecular complexity index is 187. The van der Waals surface area contributed by atoms with Gasteiger partial charge in [-0.2, -0.15) is 0 Å². The molecule has 0 saturated carbocycles. The van der Waals surface area contributed by atoms with Crippen molar-refractivity contribution in [1.82, 2.24) is 4.90 Å². The van der Waals surface area contributed by atoms with Crippen LogP contribution in [0.4, 0.5) is 0 Å². The molecule has 0 bridgehead atoms. The van der Waals surface area contributed by atoms with Crippen LogP contribution in [-0.2, 0) is 0 Å². The fourth-order valence-electron chi connectivity index (χ4n) is 1.03. The summed E-state index contributed by atoms with van der Waals surface area (Å²) in [5, 5.41) is 0. The van der Waals surface area contributed by atoms with Gasteiger partial charge in [0.05, 0.1) is 0 Å². The molecule has 0 N–H and O–H groups in total. The predicted octanol–water partition coefficient (Wildman–Crippen LogP) is 2.19. The van der Waals surface area contributed by atoms with Gasteiger partial charge in [0.15, 0.2) is 0 Å². The zero-order valence-electron chi connectivity index (χ0n) is 7.20. The minimum absolute atomic E-state index is 0.599. The first-order valence-electron chi connectivity index (χ1n) is 3.97. The molecule has 0 aromatic carbocycles. The van der Waals surface area contributed by atoms with E-state index < -0.39 is 0 Å². The molecule has 1 aliphatic rings. The van der Waals surface area contributed by atoms with Crippen LogP contribution in [-0.4, -0.2) is 19.0 Å². The maximum absolute atomic E-state index is 2.22. The third kappa shape index (κ3) is 3.08. The summed E-state index contributed by atoms with van der Waals surface area (Å²) in [6.45, 7) is 0. The first-order valence-corrected chi connectivity index (χ1v) is 3.97. The third-order valence-electron chi connectivity index (χ3n) is 1.65. The van der Waals surface area contributed by atoms with E-state index in [0.717, 1.165) is 6.42 Å². The fraction of sp³-hybridized carbons (Fsp3) is 0.400.